The van der Waals surface area contributed by atoms with Crippen LogP contribution >= 0.6 is 7.26 Å². The van der Waals surface area contributed by atoms with Crippen molar-refractivity contribution in [1.82, 2.24) is 0 Å². The fourth-order valence-electron chi connectivity index (χ4n) is 3.07. The number of ketones is 1. The molecule has 0 heterocycles. The van der Waals surface area contributed by atoms with Crippen LogP contribution in [-0.2, 0) is 0 Å². The van der Waals surface area contributed by atoms with Crippen LogP contribution in [-0.4, -0.2) is 30.4 Å². The van der Waals surface area contributed by atoms with E-state index in [1.165, 1.54) is 57.0 Å². The van der Waals surface area contributed by atoms with Gasteiger partial charge in [0.1, 0.15) is 6.16 Å². The molecule has 0 saturated heterocycles. The highest BCUT2D eigenvalue weighted by atomic mass is 31.2. The molecule has 0 aliphatic rings. The van der Waals surface area contributed by atoms with Crippen LogP contribution in [0.5, 0.6) is 0 Å². The molecule has 0 fully saturated rings. The molecule has 0 radical (unpaired) electrons. The van der Waals surface area contributed by atoms with Gasteiger partial charge in [-0.05, 0) is 19.3 Å². The van der Waals surface area contributed by atoms with Crippen LogP contribution in [0.15, 0.2) is 30.3 Å². The molecule has 1 nitrogen and oxygen atoms in total. The van der Waals surface area contributed by atoms with Gasteiger partial charge in [-0.2, -0.15) is 0 Å². The maximum absolute atomic E-state index is 12.8. The second kappa shape index (κ2) is 10.9. The van der Waals surface area contributed by atoms with Crippen LogP contribution in [0, 0.1) is 0 Å². The first kappa shape index (κ1) is 19.4. The van der Waals surface area contributed by atoms with Crippen molar-refractivity contribution < 1.29 is 4.79 Å². The van der Waals surface area contributed by atoms with Gasteiger partial charge >= 0.3 is 0 Å². The van der Waals surface area contributed by atoms with Crippen molar-refractivity contribution in [2.45, 2.75) is 59.3 Å². The zero-order valence-electron chi connectivity index (χ0n) is 14.8. The van der Waals surface area contributed by atoms with E-state index in [1.54, 1.807) is 0 Å². The van der Waals surface area contributed by atoms with Gasteiger partial charge < -0.3 is 0 Å². The summed E-state index contributed by atoms with van der Waals surface area (Å²) in [6.07, 6.45) is 12.4. The molecule has 0 N–H and O–H groups in total. The molecule has 22 heavy (non-hydrogen) atoms. The quantitative estimate of drug-likeness (QED) is 0.327. The molecule has 124 valence electrons. The van der Waals surface area contributed by atoms with E-state index in [0.717, 1.165) is 11.7 Å². The second-order valence-corrected chi connectivity index (χ2v) is 10.9. The van der Waals surface area contributed by atoms with E-state index >= 15 is 0 Å². The number of hydrogen-bond acceptors (Lipinski definition) is 1. The van der Waals surface area contributed by atoms with Gasteiger partial charge in [0.15, 0.2) is 5.78 Å². The van der Waals surface area contributed by atoms with E-state index in [0.29, 0.717) is 5.78 Å². The summed E-state index contributed by atoms with van der Waals surface area (Å²) < 4.78 is 0. The molecule has 1 aromatic carbocycles. The fourth-order valence-corrected chi connectivity index (χ4v) is 7.97. The van der Waals surface area contributed by atoms with Gasteiger partial charge in [-0.15, -0.1) is 0 Å². The summed E-state index contributed by atoms with van der Waals surface area (Å²) in [5.74, 6) is 0.386. The van der Waals surface area contributed by atoms with Crippen LogP contribution in [0.3, 0.4) is 0 Å². The first-order valence-electron chi connectivity index (χ1n) is 9.10. The molecule has 0 aliphatic carbocycles. The molecule has 0 bridgehead atoms. The Balaban J connectivity index is 2.86. The summed E-state index contributed by atoms with van der Waals surface area (Å²) in [4.78, 5) is 12.8. The summed E-state index contributed by atoms with van der Waals surface area (Å²) in [6, 6.07) is 9.92. The van der Waals surface area contributed by atoms with Crippen LogP contribution in [0.1, 0.15) is 69.7 Å². The highest BCUT2D eigenvalue weighted by Gasteiger charge is 2.38. The van der Waals surface area contributed by atoms with Crippen molar-refractivity contribution >= 4 is 13.0 Å². The molecule has 0 saturated carbocycles. The zero-order valence-corrected chi connectivity index (χ0v) is 15.7. The molecule has 0 spiro atoms. The molecule has 0 amide bonds. The van der Waals surface area contributed by atoms with Crippen molar-refractivity contribution in [3.05, 3.63) is 35.9 Å². The Morgan fingerprint density at radius 1 is 0.818 bits per heavy atom. The highest BCUT2D eigenvalue weighted by Crippen LogP contribution is 2.60. The third kappa shape index (κ3) is 6.61. The maximum Gasteiger partial charge on any atom is 0.199 e. The van der Waals surface area contributed by atoms with E-state index in [4.69, 9.17) is 0 Å². The Bertz CT molecular complexity index is 391. The first-order chi connectivity index (χ1) is 10.7. The average Bonchev–Trinajstić information content (AvgIpc) is 2.56. The van der Waals surface area contributed by atoms with Crippen molar-refractivity contribution in [1.29, 1.82) is 0 Å². The molecular formula is C20H34OP+. The first-order valence-corrected chi connectivity index (χ1v) is 11.6. The van der Waals surface area contributed by atoms with Gasteiger partial charge in [-0.25, -0.2) is 0 Å². The zero-order chi connectivity index (χ0) is 16.3. The number of benzene rings is 1. The lowest BCUT2D eigenvalue weighted by molar-refractivity contribution is 0.102. The van der Waals surface area contributed by atoms with Crippen molar-refractivity contribution in [2.24, 2.45) is 0 Å². The minimum Gasteiger partial charge on any atom is -0.290 e. The predicted octanol–water partition coefficient (Wildman–Crippen LogP) is 6.29. The van der Waals surface area contributed by atoms with E-state index in [1.807, 2.05) is 30.3 Å². The molecule has 0 atom stereocenters. The average molecular weight is 321 g/mol. The number of carbonyl (C=O) groups is 1. The van der Waals surface area contributed by atoms with Crippen LogP contribution in [0.2, 0.25) is 0 Å². The molecular weight excluding hydrogens is 287 g/mol. The van der Waals surface area contributed by atoms with Crippen LogP contribution in [0.4, 0.5) is 0 Å². The lowest BCUT2D eigenvalue weighted by Crippen LogP contribution is -2.18. The maximum atomic E-state index is 12.8. The Kier molecular flexibility index (Phi) is 9.64. The highest BCUT2D eigenvalue weighted by molar-refractivity contribution is 7.76. The Morgan fingerprint density at radius 2 is 1.27 bits per heavy atom. The predicted molar refractivity (Wildman–Crippen MR) is 102 cm³/mol. The fraction of sp³-hybridized carbons (Fsp3) is 0.650. The van der Waals surface area contributed by atoms with Crippen molar-refractivity contribution in [2.75, 3.05) is 24.6 Å². The summed E-state index contributed by atoms with van der Waals surface area (Å²) in [5.41, 5.74) is 0.913. The molecule has 0 aliphatic heterocycles. The monoisotopic (exact) mass is 321 g/mol. The number of carbonyl (C=O) groups excluding carboxylic acids is 1. The summed E-state index contributed by atoms with van der Waals surface area (Å²) in [6.45, 7) is 6.81. The lowest BCUT2D eigenvalue weighted by Gasteiger charge is -2.27. The molecule has 0 aromatic heterocycles. The number of Topliss-reactive ketones (excluding diaryl/α,β-unsaturated/α-hetero) is 1. The van der Waals surface area contributed by atoms with Gasteiger partial charge in [0.05, 0.1) is 18.5 Å². The third-order valence-electron chi connectivity index (χ3n) is 4.53. The van der Waals surface area contributed by atoms with Crippen molar-refractivity contribution in [3.63, 3.8) is 0 Å². The number of rotatable bonds is 12. The number of unbranched alkanes of at least 4 members (excludes halogenated alkanes) is 3. The Hall–Kier alpha value is -0.680. The Labute approximate surface area is 138 Å². The van der Waals surface area contributed by atoms with Crippen LogP contribution in [0.25, 0.3) is 0 Å². The van der Waals surface area contributed by atoms with Gasteiger partial charge in [-0.1, -0.05) is 70.4 Å². The second-order valence-electron chi connectivity index (χ2n) is 6.52. The molecule has 0 unspecified atom stereocenters. The third-order valence-corrected chi connectivity index (χ3v) is 9.29. The van der Waals surface area contributed by atoms with E-state index in [9.17, 15) is 4.79 Å². The molecule has 1 rings (SSSR count). The van der Waals surface area contributed by atoms with Gasteiger partial charge in [0.2, 0.25) is 0 Å². The number of hydrogen-bond donors (Lipinski definition) is 0. The normalized spacial score (nSPS) is 11.6. The molecule has 2 heteroatoms. The Morgan fingerprint density at radius 3 is 1.68 bits per heavy atom. The van der Waals surface area contributed by atoms with Crippen molar-refractivity contribution in [3.8, 4) is 0 Å². The van der Waals surface area contributed by atoms with Gasteiger partial charge in [0.25, 0.3) is 0 Å². The van der Waals surface area contributed by atoms with E-state index in [2.05, 4.69) is 20.8 Å². The SMILES string of the molecule is CCCC[P+](CCCC)(CCCC)CC(=O)c1ccccc1. The minimum absolute atomic E-state index is 0.386. The van der Waals surface area contributed by atoms with Crippen LogP contribution < -0.4 is 0 Å². The van der Waals surface area contributed by atoms with Gasteiger partial charge in [-0.3, -0.25) is 4.79 Å². The summed E-state index contributed by atoms with van der Waals surface area (Å²) in [5, 5.41) is 0. The van der Waals surface area contributed by atoms with Gasteiger partial charge in [0, 0.05) is 12.8 Å². The molecule has 1 aromatic rings. The van der Waals surface area contributed by atoms with E-state index in [-0.39, 0.29) is 0 Å². The minimum atomic E-state index is -1.12. The lowest BCUT2D eigenvalue weighted by atomic mass is 10.2. The topological polar surface area (TPSA) is 17.1 Å². The van der Waals surface area contributed by atoms with E-state index < -0.39 is 7.26 Å². The summed E-state index contributed by atoms with van der Waals surface area (Å²) >= 11 is 0. The largest absolute Gasteiger partial charge is 0.290 e. The smallest absolute Gasteiger partial charge is 0.199 e. The standard InChI is InChI=1S/C20H34OP/c1-4-7-15-22(16-8-5-2,17-9-6-3)18-20(21)19-13-11-10-12-14-19/h10-14H,4-9,15-18H2,1-3H3/q+1. The summed E-state index contributed by atoms with van der Waals surface area (Å²) in [7, 11) is -1.12.